The highest BCUT2D eigenvalue weighted by molar-refractivity contribution is 9.10. The van der Waals surface area contributed by atoms with E-state index in [9.17, 15) is 13.6 Å². The van der Waals surface area contributed by atoms with E-state index in [1.165, 1.54) is 0 Å². The Labute approximate surface area is 145 Å². The maximum absolute atomic E-state index is 13.8. The number of rotatable bonds is 3. The predicted molar refractivity (Wildman–Crippen MR) is 91.3 cm³/mol. The van der Waals surface area contributed by atoms with Crippen molar-refractivity contribution in [2.24, 2.45) is 0 Å². The third-order valence-corrected chi connectivity index (χ3v) is 4.19. The van der Waals surface area contributed by atoms with Crippen LogP contribution in [-0.4, -0.2) is 15.3 Å². The molecular weight excluding hydrogens is 380 g/mol. The number of hydrogen-bond acceptors (Lipinski definition) is 2. The Balaban J connectivity index is 2.11. The molecule has 0 unspecified atom stereocenters. The van der Waals surface area contributed by atoms with Crippen LogP contribution in [0.15, 0.2) is 34.9 Å². The van der Waals surface area contributed by atoms with E-state index in [-0.39, 0.29) is 5.69 Å². The molecule has 124 valence electrons. The summed E-state index contributed by atoms with van der Waals surface area (Å²) in [5.41, 5.74) is 2.21. The highest BCUT2D eigenvalue weighted by Gasteiger charge is 2.21. The van der Waals surface area contributed by atoms with Crippen LogP contribution in [0.5, 0.6) is 0 Å². The number of nitrogens with one attached hydrogen (secondary N) is 1. The minimum Gasteiger partial charge on any atom is -0.318 e. The molecule has 3 aromatic rings. The average Bonchev–Trinajstić information content (AvgIpc) is 2.89. The molecule has 1 amide bonds. The fraction of sp³-hybridized carbons (Fsp3) is 0.176. The summed E-state index contributed by atoms with van der Waals surface area (Å²) in [6, 6.07) is 4.82. The van der Waals surface area contributed by atoms with Crippen molar-refractivity contribution in [2.75, 3.05) is 5.32 Å². The Morgan fingerprint density at radius 1 is 1.33 bits per heavy atom. The molecule has 0 aliphatic heterocycles. The summed E-state index contributed by atoms with van der Waals surface area (Å²) in [6.45, 7) is 3.77. The molecule has 0 spiro atoms. The van der Waals surface area contributed by atoms with Gasteiger partial charge in [0.25, 0.3) is 5.91 Å². The molecule has 0 aliphatic carbocycles. The standard InChI is InChI=1S/C17H14BrF2N3O/c1-3-13-15(23-8-9(2)6-11(18)16(23)21-13)17(24)22-14-7-10(19)4-5-12(14)20/h4-8H,3H2,1-2H3,(H,22,24). The van der Waals surface area contributed by atoms with E-state index in [2.05, 4.69) is 26.2 Å². The number of carbonyl (C=O) groups is 1. The first kappa shape index (κ1) is 16.6. The number of fused-ring (bicyclic) bond motifs is 1. The zero-order valence-electron chi connectivity index (χ0n) is 13.0. The van der Waals surface area contributed by atoms with E-state index in [0.717, 1.165) is 28.2 Å². The molecule has 1 aromatic carbocycles. The number of amides is 1. The first-order valence-corrected chi connectivity index (χ1v) is 8.13. The number of pyridine rings is 1. The first-order chi connectivity index (χ1) is 11.4. The molecule has 24 heavy (non-hydrogen) atoms. The topological polar surface area (TPSA) is 46.4 Å². The maximum Gasteiger partial charge on any atom is 0.274 e. The number of imidazole rings is 1. The van der Waals surface area contributed by atoms with E-state index < -0.39 is 17.5 Å². The van der Waals surface area contributed by atoms with Crippen molar-refractivity contribution >= 4 is 33.2 Å². The highest BCUT2D eigenvalue weighted by Crippen LogP contribution is 2.24. The fourth-order valence-electron chi connectivity index (χ4n) is 2.54. The number of benzene rings is 1. The lowest BCUT2D eigenvalue weighted by atomic mass is 10.2. The Morgan fingerprint density at radius 2 is 2.08 bits per heavy atom. The molecule has 4 nitrogen and oxygen atoms in total. The number of aromatic nitrogens is 2. The second-order valence-corrected chi connectivity index (χ2v) is 6.25. The number of anilines is 1. The van der Waals surface area contributed by atoms with E-state index in [1.54, 1.807) is 10.6 Å². The molecule has 0 bridgehead atoms. The van der Waals surface area contributed by atoms with E-state index in [0.29, 0.717) is 23.5 Å². The van der Waals surface area contributed by atoms with Gasteiger partial charge in [0.05, 0.1) is 15.9 Å². The Bertz CT molecular complexity index is 953. The molecule has 2 aromatic heterocycles. The molecule has 0 saturated heterocycles. The van der Waals surface area contributed by atoms with Crippen molar-refractivity contribution in [3.05, 3.63) is 63.5 Å². The molecule has 0 radical (unpaired) electrons. The molecule has 0 saturated carbocycles. The first-order valence-electron chi connectivity index (χ1n) is 7.34. The highest BCUT2D eigenvalue weighted by atomic mass is 79.9. The summed E-state index contributed by atoms with van der Waals surface area (Å²) in [4.78, 5) is 17.1. The van der Waals surface area contributed by atoms with Crippen LogP contribution >= 0.6 is 15.9 Å². The fourth-order valence-corrected chi connectivity index (χ4v) is 3.18. The number of halogens is 3. The Hall–Kier alpha value is -2.28. The van der Waals surface area contributed by atoms with Gasteiger partial charge in [-0.3, -0.25) is 9.20 Å². The van der Waals surface area contributed by atoms with Gasteiger partial charge < -0.3 is 5.32 Å². The van der Waals surface area contributed by atoms with Crippen molar-refractivity contribution in [1.29, 1.82) is 0 Å². The normalized spacial score (nSPS) is 11.0. The molecule has 0 aliphatic rings. The van der Waals surface area contributed by atoms with Crippen LogP contribution in [-0.2, 0) is 6.42 Å². The molecular formula is C17H14BrF2N3O. The predicted octanol–water partition coefficient (Wildman–Crippen LogP) is 4.50. The number of carbonyl (C=O) groups excluding carboxylic acids is 1. The maximum atomic E-state index is 13.8. The summed E-state index contributed by atoms with van der Waals surface area (Å²) >= 11 is 3.44. The SMILES string of the molecule is CCc1nc2c(Br)cc(C)cn2c1C(=O)Nc1cc(F)ccc1F. The lowest BCUT2D eigenvalue weighted by Crippen LogP contribution is -2.17. The quantitative estimate of drug-likeness (QED) is 0.711. The largest absolute Gasteiger partial charge is 0.318 e. The van der Waals surface area contributed by atoms with Gasteiger partial charge in [0.15, 0.2) is 5.65 Å². The Morgan fingerprint density at radius 3 is 2.79 bits per heavy atom. The van der Waals surface area contributed by atoms with Crippen molar-refractivity contribution in [2.45, 2.75) is 20.3 Å². The minimum absolute atomic E-state index is 0.205. The smallest absolute Gasteiger partial charge is 0.274 e. The van der Waals surface area contributed by atoms with E-state index >= 15 is 0 Å². The van der Waals surface area contributed by atoms with Gasteiger partial charge in [0, 0.05) is 12.3 Å². The van der Waals surface area contributed by atoms with Crippen LogP contribution in [0.25, 0.3) is 5.65 Å². The van der Waals surface area contributed by atoms with Gasteiger partial charge in [-0.2, -0.15) is 0 Å². The van der Waals surface area contributed by atoms with Crippen LogP contribution in [0, 0.1) is 18.6 Å². The van der Waals surface area contributed by atoms with Crippen LogP contribution in [0.1, 0.15) is 28.7 Å². The van der Waals surface area contributed by atoms with Gasteiger partial charge in [0.1, 0.15) is 17.3 Å². The minimum atomic E-state index is -0.700. The summed E-state index contributed by atoms with van der Waals surface area (Å²) < 4.78 is 29.5. The average molecular weight is 394 g/mol. The Kier molecular flexibility index (Phi) is 4.36. The van der Waals surface area contributed by atoms with Gasteiger partial charge in [-0.05, 0) is 53.0 Å². The van der Waals surface area contributed by atoms with Gasteiger partial charge in [-0.15, -0.1) is 0 Å². The monoisotopic (exact) mass is 393 g/mol. The van der Waals surface area contributed by atoms with Crippen molar-refractivity contribution in [1.82, 2.24) is 9.38 Å². The van der Waals surface area contributed by atoms with Crippen LogP contribution in [0.3, 0.4) is 0 Å². The van der Waals surface area contributed by atoms with Crippen molar-refractivity contribution < 1.29 is 13.6 Å². The lowest BCUT2D eigenvalue weighted by molar-refractivity contribution is 0.102. The van der Waals surface area contributed by atoms with E-state index in [4.69, 9.17) is 0 Å². The summed E-state index contributed by atoms with van der Waals surface area (Å²) in [5.74, 6) is -1.87. The molecule has 3 rings (SSSR count). The van der Waals surface area contributed by atoms with Crippen LogP contribution in [0.2, 0.25) is 0 Å². The van der Waals surface area contributed by atoms with Gasteiger partial charge in [-0.25, -0.2) is 13.8 Å². The summed E-state index contributed by atoms with van der Waals surface area (Å²) in [7, 11) is 0. The third-order valence-electron chi connectivity index (χ3n) is 3.61. The van der Waals surface area contributed by atoms with Crippen molar-refractivity contribution in [3.63, 3.8) is 0 Å². The molecule has 0 fully saturated rings. The second-order valence-electron chi connectivity index (χ2n) is 5.40. The second kappa shape index (κ2) is 6.32. The van der Waals surface area contributed by atoms with Crippen LogP contribution < -0.4 is 5.32 Å². The number of aryl methyl sites for hydroxylation is 2. The molecule has 7 heteroatoms. The van der Waals surface area contributed by atoms with Gasteiger partial charge >= 0.3 is 0 Å². The zero-order chi connectivity index (χ0) is 17.4. The number of hydrogen-bond donors (Lipinski definition) is 1. The van der Waals surface area contributed by atoms with Crippen LogP contribution in [0.4, 0.5) is 14.5 Å². The van der Waals surface area contributed by atoms with E-state index in [1.807, 2.05) is 19.9 Å². The van der Waals surface area contributed by atoms with Gasteiger partial charge in [0.2, 0.25) is 0 Å². The zero-order valence-corrected chi connectivity index (χ0v) is 14.6. The van der Waals surface area contributed by atoms with Gasteiger partial charge in [-0.1, -0.05) is 6.92 Å². The third kappa shape index (κ3) is 2.91. The summed E-state index contributed by atoms with van der Waals surface area (Å²) in [5, 5.41) is 2.43. The summed E-state index contributed by atoms with van der Waals surface area (Å²) in [6.07, 6.45) is 2.31. The lowest BCUT2D eigenvalue weighted by Gasteiger charge is -2.08. The molecule has 2 heterocycles. The molecule has 0 atom stereocenters. The van der Waals surface area contributed by atoms with Crippen molar-refractivity contribution in [3.8, 4) is 0 Å². The molecule has 1 N–H and O–H groups in total. The number of nitrogens with zero attached hydrogens (tertiary/aromatic N) is 2.